The molecule has 3 rings (SSSR count). The van der Waals surface area contributed by atoms with Crippen LogP contribution in [0.4, 0.5) is 0 Å². The van der Waals surface area contributed by atoms with Crippen molar-refractivity contribution >= 4 is 17.7 Å². The highest BCUT2D eigenvalue weighted by Gasteiger charge is 2.39. The van der Waals surface area contributed by atoms with Crippen LogP contribution >= 0.6 is 11.8 Å². The van der Waals surface area contributed by atoms with E-state index < -0.39 is 0 Å². The van der Waals surface area contributed by atoms with E-state index in [1.54, 1.807) is 0 Å². The lowest BCUT2D eigenvalue weighted by atomic mass is 9.87. The fraction of sp³-hybridized carbons (Fsp3) is 0.632. The number of nitrogens with zero attached hydrogens (tertiary/aromatic N) is 1. The SMILES string of the molecule is Cc1cccc(CC(=O)NCC2(N3CCSCC3)CCOCC2)c1. The quantitative estimate of drug-likeness (QED) is 0.886. The second kappa shape index (κ2) is 8.37. The van der Waals surface area contributed by atoms with E-state index in [-0.39, 0.29) is 11.4 Å². The van der Waals surface area contributed by atoms with E-state index in [1.165, 1.54) is 17.1 Å². The number of thioether (sulfide) groups is 1. The van der Waals surface area contributed by atoms with Gasteiger partial charge in [-0.3, -0.25) is 9.69 Å². The smallest absolute Gasteiger partial charge is 0.224 e. The number of ether oxygens (including phenoxy) is 1. The summed E-state index contributed by atoms with van der Waals surface area (Å²) in [7, 11) is 0. The molecule has 5 heteroatoms. The predicted octanol–water partition coefficient (Wildman–Crippen LogP) is 2.25. The van der Waals surface area contributed by atoms with Crippen molar-refractivity contribution in [3.8, 4) is 0 Å². The maximum absolute atomic E-state index is 12.4. The molecule has 0 aromatic heterocycles. The van der Waals surface area contributed by atoms with E-state index in [4.69, 9.17) is 4.74 Å². The van der Waals surface area contributed by atoms with Crippen LogP contribution in [0.2, 0.25) is 0 Å². The Morgan fingerprint density at radius 3 is 2.75 bits per heavy atom. The summed E-state index contributed by atoms with van der Waals surface area (Å²) < 4.78 is 5.59. The first-order valence-corrected chi connectivity index (χ1v) is 10.1. The molecule has 1 N–H and O–H groups in total. The molecule has 0 atom stereocenters. The van der Waals surface area contributed by atoms with E-state index in [2.05, 4.69) is 29.3 Å². The number of hydrogen-bond donors (Lipinski definition) is 1. The van der Waals surface area contributed by atoms with Crippen LogP contribution in [0.5, 0.6) is 0 Å². The van der Waals surface area contributed by atoms with Crippen molar-refractivity contribution in [1.29, 1.82) is 0 Å². The number of amides is 1. The molecule has 0 saturated carbocycles. The maximum Gasteiger partial charge on any atom is 0.224 e. The van der Waals surface area contributed by atoms with Gasteiger partial charge in [-0.15, -0.1) is 0 Å². The van der Waals surface area contributed by atoms with Crippen molar-refractivity contribution in [3.05, 3.63) is 35.4 Å². The van der Waals surface area contributed by atoms with Crippen LogP contribution in [0.25, 0.3) is 0 Å². The minimum atomic E-state index is 0.0848. The van der Waals surface area contributed by atoms with Crippen molar-refractivity contribution < 1.29 is 9.53 Å². The highest BCUT2D eigenvalue weighted by molar-refractivity contribution is 7.99. The van der Waals surface area contributed by atoms with Gasteiger partial charge in [-0.25, -0.2) is 0 Å². The van der Waals surface area contributed by atoms with Gasteiger partial charge >= 0.3 is 0 Å². The van der Waals surface area contributed by atoms with Crippen LogP contribution in [-0.4, -0.2) is 60.7 Å². The Hall–Kier alpha value is -1.04. The van der Waals surface area contributed by atoms with Gasteiger partial charge in [0.05, 0.1) is 6.42 Å². The third kappa shape index (κ3) is 4.52. The monoisotopic (exact) mass is 348 g/mol. The number of rotatable bonds is 5. The summed E-state index contributed by atoms with van der Waals surface area (Å²) in [6, 6.07) is 8.19. The highest BCUT2D eigenvalue weighted by Crippen LogP contribution is 2.30. The van der Waals surface area contributed by atoms with E-state index in [0.717, 1.165) is 51.3 Å². The molecule has 0 bridgehead atoms. The van der Waals surface area contributed by atoms with Crippen molar-refractivity contribution in [3.63, 3.8) is 0 Å². The van der Waals surface area contributed by atoms with Crippen LogP contribution in [0, 0.1) is 6.92 Å². The van der Waals surface area contributed by atoms with Crippen molar-refractivity contribution in [1.82, 2.24) is 10.2 Å². The van der Waals surface area contributed by atoms with Crippen LogP contribution in [0.3, 0.4) is 0 Å². The zero-order chi connectivity index (χ0) is 16.8. The molecule has 1 amide bonds. The molecule has 0 spiro atoms. The first-order chi connectivity index (χ1) is 11.7. The van der Waals surface area contributed by atoms with Gasteiger partial charge in [0.1, 0.15) is 0 Å². The molecular weight excluding hydrogens is 320 g/mol. The van der Waals surface area contributed by atoms with E-state index in [1.807, 2.05) is 23.9 Å². The zero-order valence-corrected chi connectivity index (χ0v) is 15.4. The molecule has 2 saturated heterocycles. The maximum atomic E-state index is 12.4. The molecule has 1 aromatic rings. The van der Waals surface area contributed by atoms with Gasteiger partial charge in [0.15, 0.2) is 0 Å². The lowest BCUT2D eigenvalue weighted by Crippen LogP contribution is -2.60. The molecular formula is C19H28N2O2S. The van der Waals surface area contributed by atoms with Gasteiger partial charge in [-0.2, -0.15) is 11.8 Å². The summed E-state index contributed by atoms with van der Waals surface area (Å²) in [5, 5.41) is 3.22. The Balaban J connectivity index is 1.59. The highest BCUT2D eigenvalue weighted by atomic mass is 32.2. The molecule has 0 unspecified atom stereocenters. The summed E-state index contributed by atoms with van der Waals surface area (Å²) >= 11 is 2.03. The number of benzene rings is 1. The normalized spacial score (nSPS) is 21.4. The molecule has 2 heterocycles. The minimum Gasteiger partial charge on any atom is -0.381 e. The third-order valence-corrected chi connectivity index (χ3v) is 6.11. The number of carbonyl (C=O) groups excluding carboxylic acids is 1. The first-order valence-electron chi connectivity index (χ1n) is 8.91. The van der Waals surface area contributed by atoms with Gasteiger partial charge in [0, 0.05) is 49.9 Å². The van der Waals surface area contributed by atoms with Crippen LogP contribution in [-0.2, 0) is 16.0 Å². The first kappa shape index (κ1) is 17.8. The summed E-state index contributed by atoms with van der Waals surface area (Å²) in [6.45, 7) is 6.66. The molecule has 2 aliphatic heterocycles. The van der Waals surface area contributed by atoms with E-state index in [0.29, 0.717) is 6.42 Å². The zero-order valence-electron chi connectivity index (χ0n) is 14.6. The fourth-order valence-electron chi connectivity index (χ4n) is 3.73. The summed E-state index contributed by atoms with van der Waals surface area (Å²) in [6.07, 6.45) is 2.49. The van der Waals surface area contributed by atoms with E-state index >= 15 is 0 Å². The molecule has 1 aromatic carbocycles. The van der Waals surface area contributed by atoms with Gasteiger partial charge < -0.3 is 10.1 Å². The molecule has 0 radical (unpaired) electrons. The largest absolute Gasteiger partial charge is 0.381 e. The second-order valence-electron chi connectivity index (χ2n) is 6.88. The number of carbonyl (C=O) groups is 1. The van der Waals surface area contributed by atoms with Gasteiger partial charge in [-0.05, 0) is 25.3 Å². The predicted molar refractivity (Wildman–Crippen MR) is 99.6 cm³/mol. The standard InChI is InChI=1S/C19H28N2O2S/c1-16-3-2-4-17(13-16)14-18(22)20-15-19(5-9-23-10-6-19)21-7-11-24-12-8-21/h2-4,13H,5-12,14-15H2,1H3,(H,20,22). The Bertz CT molecular complexity index is 552. The number of nitrogens with one attached hydrogen (secondary N) is 1. The topological polar surface area (TPSA) is 41.6 Å². The van der Waals surface area contributed by atoms with Crippen molar-refractivity contribution in [2.45, 2.75) is 31.7 Å². The third-order valence-electron chi connectivity index (χ3n) is 5.17. The lowest BCUT2D eigenvalue weighted by molar-refractivity contribution is -0.121. The lowest BCUT2D eigenvalue weighted by Gasteiger charge is -2.48. The van der Waals surface area contributed by atoms with Gasteiger partial charge in [-0.1, -0.05) is 29.8 Å². The second-order valence-corrected chi connectivity index (χ2v) is 8.10. The van der Waals surface area contributed by atoms with Crippen LogP contribution < -0.4 is 5.32 Å². The van der Waals surface area contributed by atoms with Gasteiger partial charge in [0.2, 0.25) is 5.91 Å². The number of hydrogen-bond acceptors (Lipinski definition) is 4. The molecule has 24 heavy (non-hydrogen) atoms. The molecule has 132 valence electrons. The minimum absolute atomic E-state index is 0.0848. The average molecular weight is 349 g/mol. The molecule has 2 aliphatic rings. The fourth-order valence-corrected chi connectivity index (χ4v) is 4.63. The summed E-state index contributed by atoms with van der Waals surface area (Å²) in [4.78, 5) is 15.0. The molecule has 2 fully saturated rings. The molecule has 4 nitrogen and oxygen atoms in total. The summed E-state index contributed by atoms with van der Waals surface area (Å²) in [5.41, 5.74) is 2.37. The number of aryl methyl sites for hydroxylation is 1. The van der Waals surface area contributed by atoms with E-state index in [9.17, 15) is 4.79 Å². The average Bonchev–Trinajstić information content (AvgIpc) is 2.62. The van der Waals surface area contributed by atoms with Crippen LogP contribution in [0.15, 0.2) is 24.3 Å². The van der Waals surface area contributed by atoms with Crippen molar-refractivity contribution in [2.75, 3.05) is 44.4 Å². The Kier molecular flexibility index (Phi) is 6.19. The Morgan fingerprint density at radius 2 is 2.04 bits per heavy atom. The Labute approximate surface area is 149 Å². The van der Waals surface area contributed by atoms with Crippen molar-refractivity contribution in [2.24, 2.45) is 0 Å². The van der Waals surface area contributed by atoms with Gasteiger partial charge in [0.25, 0.3) is 0 Å². The Morgan fingerprint density at radius 1 is 1.29 bits per heavy atom. The molecule has 0 aliphatic carbocycles. The van der Waals surface area contributed by atoms with Crippen LogP contribution in [0.1, 0.15) is 24.0 Å². The summed E-state index contributed by atoms with van der Waals surface area (Å²) in [5.74, 6) is 2.51.